The fourth-order valence-corrected chi connectivity index (χ4v) is 3.91. The van der Waals surface area contributed by atoms with Crippen LogP contribution in [-0.2, 0) is 4.74 Å². The lowest BCUT2D eigenvalue weighted by atomic mass is 10.1. The first-order valence-electron chi connectivity index (χ1n) is 10.7. The van der Waals surface area contributed by atoms with Gasteiger partial charge in [0.15, 0.2) is 11.2 Å². The number of benzene rings is 1. The number of anilines is 1. The summed E-state index contributed by atoms with van der Waals surface area (Å²) in [7, 11) is 1.65. The van der Waals surface area contributed by atoms with Crippen molar-refractivity contribution < 1.29 is 14.6 Å². The topological polar surface area (TPSA) is 119 Å². The average molecular weight is 428 g/mol. The zero-order chi connectivity index (χ0) is 21.6. The summed E-state index contributed by atoms with van der Waals surface area (Å²) in [4.78, 5) is 9.05. The number of rotatable bonds is 10. The van der Waals surface area contributed by atoms with Gasteiger partial charge in [0.25, 0.3) is 0 Å². The van der Waals surface area contributed by atoms with E-state index in [0.717, 1.165) is 30.7 Å². The molecule has 2 heterocycles. The predicted molar refractivity (Wildman–Crippen MR) is 116 cm³/mol. The smallest absolute Gasteiger partial charge is 0.225 e. The Hall–Kier alpha value is -2.82. The zero-order valence-corrected chi connectivity index (χ0v) is 17.9. The van der Waals surface area contributed by atoms with E-state index in [0.29, 0.717) is 36.9 Å². The second-order valence-electron chi connectivity index (χ2n) is 7.64. The van der Waals surface area contributed by atoms with Crippen molar-refractivity contribution in [2.75, 3.05) is 32.2 Å². The van der Waals surface area contributed by atoms with Crippen LogP contribution in [0.5, 0.6) is 5.75 Å². The number of hydrogen-bond donors (Lipinski definition) is 3. The molecule has 166 valence electrons. The van der Waals surface area contributed by atoms with Crippen molar-refractivity contribution >= 4 is 17.1 Å². The van der Waals surface area contributed by atoms with E-state index >= 15 is 0 Å². The van der Waals surface area contributed by atoms with Crippen LogP contribution in [0, 0.1) is 5.92 Å². The van der Waals surface area contributed by atoms with Crippen molar-refractivity contribution in [3.63, 3.8) is 0 Å². The number of nitrogens with zero attached hydrogens (tertiary/aromatic N) is 5. The van der Waals surface area contributed by atoms with E-state index in [1.807, 2.05) is 31.2 Å². The van der Waals surface area contributed by atoms with Crippen LogP contribution in [0.3, 0.4) is 0 Å². The third kappa shape index (κ3) is 5.09. The molecule has 2 unspecified atom stereocenters. The summed E-state index contributed by atoms with van der Waals surface area (Å²) in [5.41, 5.74) is 2.11. The quantitative estimate of drug-likeness (QED) is 0.328. The Kier molecular flexibility index (Phi) is 6.90. The number of aromatic nitrogens is 5. The van der Waals surface area contributed by atoms with Gasteiger partial charge in [-0.3, -0.25) is 5.32 Å². The maximum absolute atomic E-state index is 10.3. The molecule has 0 amide bonds. The molecular weight excluding hydrogens is 398 g/mol. The second kappa shape index (κ2) is 9.99. The first kappa shape index (κ1) is 21.4. The van der Waals surface area contributed by atoms with Gasteiger partial charge >= 0.3 is 0 Å². The summed E-state index contributed by atoms with van der Waals surface area (Å²) in [5, 5.41) is 25.3. The molecule has 1 aliphatic carbocycles. The highest BCUT2D eigenvalue weighted by Gasteiger charge is 2.30. The molecule has 0 bridgehead atoms. The van der Waals surface area contributed by atoms with Crippen molar-refractivity contribution in [2.24, 2.45) is 5.92 Å². The van der Waals surface area contributed by atoms with Gasteiger partial charge < -0.3 is 19.9 Å². The summed E-state index contributed by atoms with van der Waals surface area (Å²) in [5.74, 6) is 1.53. The second-order valence-corrected chi connectivity index (χ2v) is 7.64. The Bertz CT molecular complexity index is 979. The summed E-state index contributed by atoms with van der Waals surface area (Å²) < 4.78 is 12.2. The van der Waals surface area contributed by atoms with E-state index < -0.39 is 6.23 Å². The maximum Gasteiger partial charge on any atom is 0.225 e. The molecule has 10 heteroatoms. The van der Waals surface area contributed by atoms with Gasteiger partial charge in [0.2, 0.25) is 5.95 Å². The van der Waals surface area contributed by atoms with Crippen LogP contribution in [0.2, 0.25) is 0 Å². The van der Waals surface area contributed by atoms with Gasteiger partial charge in [0, 0.05) is 25.6 Å². The van der Waals surface area contributed by atoms with E-state index in [1.165, 1.54) is 0 Å². The van der Waals surface area contributed by atoms with E-state index in [4.69, 9.17) is 9.47 Å². The van der Waals surface area contributed by atoms with Crippen LogP contribution in [0.25, 0.3) is 16.9 Å². The molecule has 0 spiro atoms. The number of fused-ring (bicyclic) bond motifs is 1. The highest BCUT2D eigenvalue weighted by atomic mass is 16.5. The van der Waals surface area contributed by atoms with Crippen molar-refractivity contribution in [2.45, 2.75) is 38.5 Å². The molecule has 10 nitrogen and oxygen atoms in total. The minimum absolute atomic E-state index is 0.189. The standard InChI is InChI=1S/C21H29N7O3/c1-3-31-17-8-6-16(7-9-17)28-19-18(26-27-28)13-23-21(25-19)24-15-5-4-14(12-15)20(29)22-10-11-30-2/h6-9,13-15,20,22,29H,3-5,10-12H2,1-2H3,(H,23,24,25)/t14?,15-,20?/m1/s1. The summed E-state index contributed by atoms with van der Waals surface area (Å²) >= 11 is 0. The molecule has 1 aliphatic rings. The van der Waals surface area contributed by atoms with Gasteiger partial charge in [-0.15, -0.1) is 5.10 Å². The summed E-state index contributed by atoms with van der Waals surface area (Å²) in [6, 6.07) is 7.85. The Morgan fingerprint density at radius 2 is 2.10 bits per heavy atom. The van der Waals surface area contributed by atoms with Crippen molar-refractivity contribution in [1.29, 1.82) is 0 Å². The van der Waals surface area contributed by atoms with E-state index in [-0.39, 0.29) is 12.0 Å². The van der Waals surface area contributed by atoms with Crippen molar-refractivity contribution in [3.05, 3.63) is 30.5 Å². The number of aliphatic hydroxyl groups is 1. The molecule has 1 saturated carbocycles. The van der Waals surface area contributed by atoms with Gasteiger partial charge in [-0.05, 0) is 50.5 Å². The first-order valence-corrected chi connectivity index (χ1v) is 10.7. The molecule has 4 rings (SSSR count). The predicted octanol–water partition coefficient (Wildman–Crippen LogP) is 1.74. The fourth-order valence-electron chi connectivity index (χ4n) is 3.91. The Labute approximate surface area is 181 Å². The third-order valence-electron chi connectivity index (χ3n) is 5.50. The third-order valence-corrected chi connectivity index (χ3v) is 5.50. The van der Waals surface area contributed by atoms with Crippen molar-refractivity contribution in [1.82, 2.24) is 30.3 Å². The highest BCUT2D eigenvalue weighted by Crippen LogP contribution is 2.29. The number of methoxy groups -OCH3 is 1. The van der Waals surface area contributed by atoms with Crippen LogP contribution < -0.4 is 15.4 Å². The molecule has 31 heavy (non-hydrogen) atoms. The Morgan fingerprint density at radius 3 is 2.87 bits per heavy atom. The van der Waals surface area contributed by atoms with Gasteiger partial charge in [-0.2, -0.15) is 9.67 Å². The monoisotopic (exact) mass is 427 g/mol. The van der Waals surface area contributed by atoms with Crippen molar-refractivity contribution in [3.8, 4) is 11.4 Å². The minimum Gasteiger partial charge on any atom is -0.494 e. The largest absolute Gasteiger partial charge is 0.494 e. The zero-order valence-electron chi connectivity index (χ0n) is 17.9. The number of aliphatic hydroxyl groups excluding tert-OH is 1. The highest BCUT2D eigenvalue weighted by molar-refractivity contribution is 5.72. The molecule has 3 atom stereocenters. The van der Waals surface area contributed by atoms with E-state index in [2.05, 4.69) is 30.9 Å². The SMILES string of the molecule is CCOc1ccc(-n2nnc3cnc(N[C@@H]4CCC(C(O)NCCOC)C4)nc32)cc1. The molecule has 2 aromatic heterocycles. The van der Waals surface area contributed by atoms with E-state index in [9.17, 15) is 5.11 Å². The maximum atomic E-state index is 10.3. The molecule has 0 saturated heterocycles. The van der Waals surface area contributed by atoms with Crippen LogP contribution >= 0.6 is 0 Å². The van der Waals surface area contributed by atoms with Crippen LogP contribution in [0.15, 0.2) is 30.5 Å². The number of nitrogens with one attached hydrogen (secondary N) is 2. The molecule has 0 aliphatic heterocycles. The number of hydrogen-bond acceptors (Lipinski definition) is 9. The average Bonchev–Trinajstić information content (AvgIpc) is 3.42. The molecule has 3 N–H and O–H groups in total. The normalized spacial score (nSPS) is 19.6. The lowest BCUT2D eigenvalue weighted by Gasteiger charge is -2.19. The summed E-state index contributed by atoms with van der Waals surface area (Å²) in [6.45, 7) is 3.79. The Balaban J connectivity index is 1.43. The summed E-state index contributed by atoms with van der Waals surface area (Å²) in [6.07, 6.45) is 3.88. The molecule has 0 radical (unpaired) electrons. The number of ether oxygens (including phenoxy) is 2. The molecule has 3 aromatic rings. The van der Waals surface area contributed by atoms with Crippen LogP contribution in [-0.4, -0.2) is 69.2 Å². The first-order chi connectivity index (χ1) is 15.2. The Morgan fingerprint density at radius 1 is 1.26 bits per heavy atom. The lowest BCUT2D eigenvalue weighted by molar-refractivity contribution is 0.0677. The van der Waals surface area contributed by atoms with Gasteiger partial charge in [0.05, 0.1) is 25.1 Å². The molecular formula is C21H29N7O3. The minimum atomic E-state index is -0.532. The van der Waals surface area contributed by atoms with Crippen LogP contribution in [0.1, 0.15) is 26.2 Å². The van der Waals surface area contributed by atoms with Gasteiger partial charge in [0.1, 0.15) is 12.0 Å². The van der Waals surface area contributed by atoms with Gasteiger partial charge in [-0.1, -0.05) is 5.21 Å². The molecule has 1 fully saturated rings. The van der Waals surface area contributed by atoms with Gasteiger partial charge in [-0.25, -0.2) is 4.98 Å². The van der Waals surface area contributed by atoms with Crippen LogP contribution in [0.4, 0.5) is 5.95 Å². The molecule has 1 aromatic carbocycles. The fraction of sp³-hybridized carbons (Fsp3) is 0.524. The van der Waals surface area contributed by atoms with E-state index in [1.54, 1.807) is 18.0 Å². The lowest BCUT2D eigenvalue weighted by Crippen LogP contribution is -2.37.